The Labute approximate surface area is 148 Å². The molecule has 0 atom stereocenters. The van der Waals surface area contributed by atoms with Gasteiger partial charge in [-0.25, -0.2) is 0 Å². The molecular weight excluding hydrogens is 368 g/mol. The Hall–Kier alpha value is -2.08. The molecule has 6 heteroatoms. The maximum Gasteiger partial charge on any atom is 0.257 e. The lowest BCUT2D eigenvalue weighted by Gasteiger charge is -2.27. The van der Waals surface area contributed by atoms with Gasteiger partial charge in [0.1, 0.15) is 0 Å². The molecule has 5 nitrogen and oxygen atoms in total. The monoisotopic (exact) mass is 386 g/mol. The summed E-state index contributed by atoms with van der Waals surface area (Å²) in [5.74, 6) is 0.0769. The summed E-state index contributed by atoms with van der Waals surface area (Å²) in [5.41, 5.74) is 6.06. The molecule has 1 aliphatic heterocycles. The molecule has 0 unspecified atom stereocenters. The molecule has 0 aliphatic carbocycles. The minimum absolute atomic E-state index is 0.0769. The summed E-state index contributed by atoms with van der Waals surface area (Å²) in [7, 11) is 1.88. The molecule has 1 amide bonds. The number of carbonyl (C=O) groups excluding carboxylic acids is 1. The zero-order chi connectivity index (χ0) is 17.0. The Morgan fingerprint density at radius 3 is 2.83 bits per heavy atom. The number of aryl methyl sites for hydroxylation is 2. The maximum absolute atomic E-state index is 13.0. The van der Waals surface area contributed by atoms with Crippen molar-refractivity contribution in [3.8, 4) is 0 Å². The number of aromatic amines is 1. The number of fused-ring (bicyclic) bond motifs is 3. The molecule has 2 aromatic heterocycles. The standard InChI is InChI=1S/C18H19BrN4O/c1-10-17(11(2)22(3)21-10)18(24)23-7-6-16-14(9-23)13-8-12(19)4-5-15(13)20-16/h4-5,8,20H,6-7,9H2,1-3H3. The zero-order valence-electron chi connectivity index (χ0n) is 14.0. The molecule has 0 saturated carbocycles. The first-order chi connectivity index (χ1) is 11.5. The highest BCUT2D eigenvalue weighted by Crippen LogP contribution is 2.30. The van der Waals surface area contributed by atoms with Crippen LogP contribution in [0.3, 0.4) is 0 Å². The molecule has 24 heavy (non-hydrogen) atoms. The number of aromatic nitrogens is 3. The lowest BCUT2D eigenvalue weighted by Crippen LogP contribution is -2.36. The molecule has 0 bridgehead atoms. The molecule has 124 valence electrons. The summed E-state index contributed by atoms with van der Waals surface area (Å²) >= 11 is 3.54. The number of benzene rings is 1. The fourth-order valence-electron chi connectivity index (χ4n) is 3.60. The largest absolute Gasteiger partial charge is 0.358 e. The van der Waals surface area contributed by atoms with Gasteiger partial charge in [-0.3, -0.25) is 9.48 Å². The van der Waals surface area contributed by atoms with Crippen molar-refractivity contribution in [2.75, 3.05) is 6.54 Å². The number of hydrogen-bond acceptors (Lipinski definition) is 2. The van der Waals surface area contributed by atoms with Crippen molar-refractivity contribution < 1.29 is 4.79 Å². The molecular formula is C18H19BrN4O. The lowest BCUT2D eigenvalue weighted by atomic mass is 10.0. The Morgan fingerprint density at radius 1 is 1.33 bits per heavy atom. The van der Waals surface area contributed by atoms with Crippen LogP contribution in [0.15, 0.2) is 22.7 Å². The highest BCUT2D eigenvalue weighted by atomic mass is 79.9. The van der Waals surface area contributed by atoms with Gasteiger partial charge in [-0.15, -0.1) is 0 Å². The average Bonchev–Trinajstić information content (AvgIpc) is 3.03. The molecule has 1 N–H and O–H groups in total. The van der Waals surface area contributed by atoms with Crippen LogP contribution in [0.4, 0.5) is 0 Å². The minimum atomic E-state index is 0.0769. The van der Waals surface area contributed by atoms with Crippen LogP contribution >= 0.6 is 15.9 Å². The van der Waals surface area contributed by atoms with E-state index in [0.29, 0.717) is 6.54 Å². The predicted octanol–water partition coefficient (Wildman–Crippen LogP) is 3.48. The van der Waals surface area contributed by atoms with Crippen LogP contribution in [0.25, 0.3) is 10.9 Å². The van der Waals surface area contributed by atoms with Gasteiger partial charge < -0.3 is 9.88 Å². The Kier molecular flexibility index (Phi) is 3.53. The fourth-order valence-corrected chi connectivity index (χ4v) is 3.96. The third-order valence-electron chi connectivity index (χ3n) is 4.95. The van der Waals surface area contributed by atoms with Crippen LogP contribution in [0.1, 0.15) is 33.0 Å². The van der Waals surface area contributed by atoms with Gasteiger partial charge in [0.25, 0.3) is 5.91 Å². The second-order valence-electron chi connectivity index (χ2n) is 6.42. The van der Waals surface area contributed by atoms with Gasteiger partial charge in [-0.1, -0.05) is 15.9 Å². The van der Waals surface area contributed by atoms with Gasteiger partial charge >= 0.3 is 0 Å². The Bertz CT molecular complexity index is 969. The van der Waals surface area contributed by atoms with E-state index in [1.165, 1.54) is 16.6 Å². The molecule has 0 spiro atoms. The predicted molar refractivity (Wildman–Crippen MR) is 97.1 cm³/mol. The number of carbonyl (C=O) groups is 1. The summed E-state index contributed by atoms with van der Waals surface area (Å²) in [5, 5.41) is 5.57. The number of hydrogen-bond donors (Lipinski definition) is 1. The highest BCUT2D eigenvalue weighted by Gasteiger charge is 2.28. The number of amides is 1. The van der Waals surface area contributed by atoms with Gasteiger partial charge in [-0.2, -0.15) is 5.10 Å². The van der Waals surface area contributed by atoms with Gasteiger partial charge in [0.2, 0.25) is 0 Å². The van der Waals surface area contributed by atoms with Crippen molar-refractivity contribution in [1.82, 2.24) is 19.7 Å². The zero-order valence-corrected chi connectivity index (χ0v) is 15.6. The van der Waals surface area contributed by atoms with E-state index in [2.05, 4.69) is 38.1 Å². The van der Waals surface area contributed by atoms with Crippen LogP contribution < -0.4 is 0 Å². The highest BCUT2D eigenvalue weighted by molar-refractivity contribution is 9.10. The Morgan fingerprint density at radius 2 is 2.12 bits per heavy atom. The average molecular weight is 387 g/mol. The second-order valence-corrected chi connectivity index (χ2v) is 7.33. The van der Waals surface area contributed by atoms with E-state index in [1.54, 1.807) is 4.68 Å². The van der Waals surface area contributed by atoms with Crippen molar-refractivity contribution in [2.45, 2.75) is 26.8 Å². The maximum atomic E-state index is 13.0. The van der Waals surface area contributed by atoms with Gasteiger partial charge in [-0.05, 0) is 32.0 Å². The summed E-state index contributed by atoms with van der Waals surface area (Å²) in [6.45, 7) is 5.22. The van der Waals surface area contributed by atoms with Crippen LogP contribution in [0, 0.1) is 13.8 Å². The van der Waals surface area contributed by atoms with Crippen molar-refractivity contribution >= 4 is 32.7 Å². The summed E-state index contributed by atoms with van der Waals surface area (Å²) in [4.78, 5) is 18.5. The van der Waals surface area contributed by atoms with Crippen LogP contribution in [-0.4, -0.2) is 32.1 Å². The molecule has 1 aliphatic rings. The van der Waals surface area contributed by atoms with E-state index < -0.39 is 0 Å². The second kappa shape index (κ2) is 5.48. The fraction of sp³-hybridized carbons (Fsp3) is 0.333. The number of nitrogens with one attached hydrogen (secondary N) is 1. The third kappa shape index (κ3) is 2.28. The van der Waals surface area contributed by atoms with E-state index in [0.717, 1.165) is 39.9 Å². The van der Waals surface area contributed by atoms with Crippen molar-refractivity contribution in [2.24, 2.45) is 7.05 Å². The summed E-state index contributed by atoms with van der Waals surface area (Å²) < 4.78 is 2.83. The van der Waals surface area contributed by atoms with E-state index >= 15 is 0 Å². The van der Waals surface area contributed by atoms with Crippen LogP contribution in [-0.2, 0) is 20.0 Å². The molecule has 3 aromatic rings. The van der Waals surface area contributed by atoms with Crippen molar-refractivity contribution in [1.29, 1.82) is 0 Å². The smallest absolute Gasteiger partial charge is 0.257 e. The topological polar surface area (TPSA) is 53.9 Å². The number of rotatable bonds is 1. The number of halogens is 1. The SMILES string of the molecule is Cc1nn(C)c(C)c1C(=O)N1CCc2[nH]c3ccc(Br)cc3c2C1. The Balaban J connectivity index is 1.72. The third-order valence-corrected chi connectivity index (χ3v) is 5.44. The lowest BCUT2D eigenvalue weighted by molar-refractivity contribution is 0.0733. The normalized spacial score (nSPS) is 14.2. The van der Waals surface area contributed by atoms with Gasteiger partial charge in [0.05, 0.1) is 11.3 Å². The first kappa shape index (κ1) is 15.4. The van der Waals surface area contributed by atoms with E-state index in [4.69, 9.17) is 0 Å². The van der Waals surface area contributed by atoms with Gasteiger partial charge in [0.15, 0.2) is 0 Å². The quantitative estimate of drug-likeness (QED) is 0.695. The summed E-state index contributed by atoms with van der Waals surface area (Å²) in [6.07, 6.45) is 0.853. The number of H-pyrrole nitrogens is 1. The molecule has 0 saturated heterocycles. The molecule has 0 fully saturated rings. The molecule has 4 rings (SSSR count). The van der Waals surface area contributed by atoms with E-state index in [-0.39, 0.29) is 5.91 Å². The number of nitrogens with zero attached hydrogens (tertiary/aromatic N) is 3. The first-order valence-electron chi connectivity index (χ1n) is 8.04. The van der Waals surface area contributed by atoms with Crippen molar-refractivity contribution in [3.63, 3.8) is 0 Å². The molecule has 1 aromatic carbocycles. The van der Waals surface area contributed by atoms with Crippen LogP contribution in [0.2, 0.25) is 0 Å². The van der Waals surface area contributed by atoms with E-state index in [1.807, 2.05) is 31.9 Å². The van der Waals surface area contributed by atoms with Gasteiger partial charge in [0, 0.05) is 58.9 Å². The molecule has 0 radical (unpaired) electrons. The van der Waals surface area contributed by atoms with Crippen molar-refractivity contribution in [3.05, 3.63) is 50.9 Å². The van der Waals surface area contributed by atoms with E-state index in [9.17, 15) is 4.79 Å². The van der Waals surface area contributed by atoms with Crippen LogP contribution in [0.5, 0.6) is 0 Å². The first-order valence-corrected chi connectivity index (χ1v) is 8.83. The minimum Gasteiger partial charge on any atom is -0.358 e. The molecule has 3 heterocycles. The summed E-state index contributed by atoms with van der Waals surface area (Å²) in [6, 6.07) is 6.24.